The zero-order valence-corrected chi connectivity index (χ0v) is 28.1. The summed E-state index contributed by atoms with van der Waals surface area (Å²) in [5, 5.41) is 2.41. The lowest BCUT2D eigenvalue weighted by atomic mass is 9.71. The smallest absolute Gasteiger partial charge is 0.281 e. The van der Waals surface area contributed by atoms with Gasteiger partial charge in [-0.05, 0) is 49.9 Å². The van der Waals surface area contributed by atoms with Gasteiger partial charge in [-0.1, -0.05) is 11.6 Å². The van der Waals surface area contributed by atoms with Crippen molar-refractivity contribution in [2.75, 3.05) is 18.9 Å². The molecule has 1 aliphatic heterocycles. The Morgan fingerprint density at radius 3 is 2.55 bits per heavy atom. The van der Waals surface area contributed by atoms with E-state index in [9.17, 15) is 31.5 Å². The van der Waals surface area contributed by atoms with Gasteiger partial charge in [0, 0.05) is 78.5 Å². The molecule has 270 valence electrons. The van der Waals surface area contributed by atoms with Gasteiger partial charge in [0.1, 0.15) is 34.9 Å². The van der Waals surface area contributed by atoms with Crippen LogP contribution in [0.1, 0.15) is 90.7 Å². The molecule has 0 bridgehead atoms. The predicted octanol–water partition coefficient (Wildman–Crippen LogP) is 6.43. The molecular formula is C35H34ClF5N6O4. The van der Waals surface area contributed by atoms with Crippen LogP contribution in [0.5, 0.6) is 11.5 Å². The quantitative estimate of drug-likeness (QED) is 0.0839. The molecule has 5 N–H and O–H groups in total. The first-order chi connectivity index (χ1) is 24.1. The Bertz CT molecular complexity index is 1950. The normalized spacial score (nSPS) is 22.3. The standard InChI is InChI=1S/C35H34ClF5N6O4/c1-33(32(43)49)15-50-29-22(33)10-23(47-27(29)20-4-7-44-28(25(20)36)30(37)38)21(18-11-34(39,40)12-18)14-45-31(48)16-8-17(13-46-35(41)5-6-35)26(42)24(9-16)51-19-2-3-19/h4,7-10,13,18-19,21,30H,2-3,5-6,11-12,14-15,42H2,1H3,(H2,43,49)(H,45,48)/b46-13+/t21-,33-/m0/s1. The third kappa shape index (κ3) is 6.79. The maximum absolute atomic E-state index is 14.3. The van der Waals surface area contributed by atoms with E-state index in [0.29, 0.717) is 0 Å². The lowest BCUT2D eigenvalue weighted by molar-refractivity contribution is -0.123. The number of primary amides is 1. The van der Waals surface area contributed by atoms with E-state index in [1.54, 1.807) is 6.92 Å². The number of aromatic nitrogens is 2. The molecule has 16 heteroatoms. The molecule has 51 heavy (non-hydrogen) atoms. The zero-order chi connectivity index (χ0) is 36.5. The minimum Gasteiger partial charge on any atom is -0.489 e. The number of benzene rings is 1. The number of hydrogen-bond donors (Lipinski definition) is 3. The highest BCUT2D eigenvalue weighted by atomic mass is 35.5. The Kier molecular flexibility index (Phi) is 8.62. The number of rotatable bonds is 12. The van der Waals surface area contributed by atoms with Gasteiger partial charge in [-0.2, -0.15) is 0 Å². The van der Waals surface area contributed by atoms with Gasteiger partial charge in [-0.25, -0.2) is 26.9 Å². The molecule has 0 unspecified atom stereocenters. The number of nitrogens with zero attached hydrogens (tertiary/aromatic N) is 3. The van der Waals surface area contributed by atoms with Gasteiger partial charge in [-0.15, -0.1) is 0 Å². The molecule has 1 aromatic carbocycles. The first-order valence-corrected chi connectivity index (χ1v) is 16.9. The average Bonchev–Trinajstić information content (AvgIpc) is 4.00. The second-order valence-corrected chi connectivity index (χ2v) is 14.3. The number of halogens is 6. The van der Waals surface area contributed by atoms with Gasteiger partial charge in [-0.3, -0.25) is 19.6 Å². The topological polar surface area (TPSA) is 155 Å². The zero-order valence-electron chi connectivity index (χ0n) is 27.3. The highest BCUT2D eigenvalue weighted by Gasteiger charge is 2.50. The summed E-state index contributed by atoms with van der Waals surface area (Å²) < 4.78 is 82.4. The van der Waals surface area contributed by atoms with Crippen LogP contribution in [0.25, 0.3) is 11.3 Å². The first-order valence-electron chi connectivity index (χ1n) is 16.5. The number of pyridine rings is 2. The molecule has 10 nitrogen and oxygen atoms in total. The number of nitrogen functional groups attached to an aromatic ring is 1. The van der Waals surface area contributed by atoms with E-state index in [4.69, 9.17) is 37.5 Å². The van der Waals surface area contributed by atoms with Gasteiger partial charge in [0.05, 0.1) is 16.8 Å². The number of nitrogens with two attached hydrogens (primary N) is 2. The number of anilines is 1. The van der Waals surface area contributed by atoms with Crippen LogP contribution in [0.2, 0.25) is 5.02 Å². The van der Waals surface area contributed by atoms with Crippen molar-refractivity contribution >= 4 is 35.3 Å². The number of aliphatic imine (C=N–C) groups is 1. The van der Waals surface area contributed by atoms with Crippen LogP contribution in [-0.2, 0) is 10.2 Å². The molecule has 2 amide bonds. The van der Waals surface area contributed by atoms with E-state index < -0.39 is 70.8 Å². The van der Waals surface area contributed by atoms with Crippen molar-refractivity contribution in [3.63, 3.8) is 0 Å². The molecule has 0 saturated heterocycles. The Morgan fingerprint density at radius 2 is 1.92 bits per heavy atom. The summed E-state index contributed by atoms with van der Waals surface area (Å²) in [7, 11) is 0. The Balaban J connectivity index is 1.26. The lowest BCUT2D eigenvalue weighted by Gasteiger charge is -2.40. The van der Waals surface area contributed by atoms with Crippen LogP contribution in [0, 0.1) is 5.92 Å². The van der Waals surface area contributed by atoms with Crippen molar-refractivity contribution in [2.45, 2.75) is 81.0 Å². The van der Waals surface area contributed by atoms with Crippen LogP contribution in [-0.4, -0.2) is 59.0 Å². The van der Waals surface area contributed by atoms with Crippen LogP contribution in [0.3, 0.4) is 0 Å². The number of hydrogen-bond acceptors (Lipinski definition) is 8. The van der Waals surface area contributed by atoms with Crippen LogP contribution >= 0.6 is 11.6 Å². The summed E-state index contributed by atoms with van der Waals surface area (Å²) in [5.74, 6) is -7.17. The monoisotopic (exact) mass is 732 g/mol. The number of carbonyl (C=O) groups is 2. The number of carbonyl (C=O) groups excluding carboxylic acids is 2. The third-order valence-electron chi connectivity index (χ3n) is 9.92. The van der Waals surface area contributed by atoms with Crippen LogP contribution < -0.4 is 26.3 Å². The summed E-state index contributed by atoms with van der Waals surface area (Å²) in [6.07, 6.45) is 0.462. The fourth-order valence-corrected chi connectivity index (χ4v) is 6.63. The van der Waals surface area contributed by atoms with E-state index in [1.807, 2.05) is 0 Å². The number of alkyl halides is 5. The molecular weight excluding hydrogens is 699 g/mol. The Labute approximate surface area is 294 Å². The lowest BCUT2D eigenvalue weighted by Crippen LogP contribution is -2.43. The van der Waals surface area contributed by atoms with E-state index in [0.717, 1.165) is 19.0 Å². The van der Waals surface area contributed by atoms with Crippen molar-refractivity contribution in [2.24, 2.45) is 16.6 Å². The van der Waals surface area contributed by atoms with Crippen LogP contribution in [0.4, 0.5) is 27.6 Å². The highest BCUT2D eigenvalue weighted by Crippen LogP contribution is 2.52. The van der Waals surface area contributed by atoms with E-state index >= 15 is 0 Å². The summed E-state index contributed by atoms with van der Waals surface area (Å²) in [6, 6.07) is 5.79. The molecule has 7 rings (SSSR count). The number of fused-ring (bicyclic) bond motifs is 1. The molecule has 3 fully saturated rings. The van der Waals surface area contributed by atoms with Gasteiger partial charge in [0.25, 0.3) is 12.3 Å². The van der Waals surface area contributed by atoms with Gasteiger partial charge >= 0.3 is 0 Å². The van der Waals surface area contributed by atoms with Crippen molar-refractivity contribution in [1.29, 1.82) is 0 Å². The Morgan fingerprint density at radius 1 is 1.20 bits per heavy atom. The van der Waals surface area contributed by atoms with Gasteiger partial charge in [0.15, 0.2) is 5.79 Å². The molecule has 0 spiro atoms. The molecule has 3 aliphatic carbocycles. The van der Waals surface area contributed by atoms with Crippen LogP contribution in [0.15, 0.2) is 35.5 Å². The molecule has 0 radical (unpaired) electrons. The predicted molar refractivity (Wildman–Crippen MR) is 177 cm³/mol. The fraction of sp³-hybridized carbons (Fsp3) is 0.457. The molecule has 2 atom stereocenters. The molecule has 2 aromatic heterocycles. The number of amides is 2. The second kappa shape index (κ2) is 12.6. The summed E-state index contributed by atoms with van der Waals surface area (Å²) in [6.45, 7) is 1.16. The van der Waals surface area contributed by atoms with Crippen molar-refractivity contribution < 1.29 is 41.0 Å². The third-order valence-corrected chi connectivity index (χ3v) is 10.3. The number of nitrogens with one attached hydrogen (secondary N) is 1. The average molecular weight is 733 g/mol. The summed E-state index contributed by atoms with van der Waals surface area (Å²) in [5.41, 5.74) is 11.1. The van der Waals surface area contributed by atoms with Crippen molar-refractivity contribution in [1.82, 2.24) is 15.3 Å². The summed E-state index contributed by atoms with van der Waals surface area (Å²) in [4.78, 5) is 38.8. The van der Waals surface area contributed by atoms with Crippen molar-refractivity contribution in [3.8, 4) is 22.8 Å². The summed E-state index contributed by atoms with van der Waals surface area (Å²) >= 11 is 6.40. The van der Waals surface area contributed by atoms with Crippen molar-refractivity contribution in [3.05, 3.63) is 63.6 Å². The largest absolute Gasteiger partial charge is 0.489 e. The fourth-order valence-electron chi connectivity index (χ4n) is 6.35. The Hall–Kier alpha value is -4.53. The van der Waals surface area contributed by atoms with Gasteiger partial charge in [0.2, 0.25) is 11.8 Å². The van der Waals surface area contributed by atoms with E-state index in [1.165, 1.54) is 30.5 Å². The second-order valence-electron chi connectivity index (χ2n) is 13.9. The molecule has 3 saturated carbocycles. The first kappa shape index (κ1) is 34.9. The highest BCUT2D eigenvalue weighted by molar-refractivity contribution is 6.34. The maximum Gasteiger partial charge on any atom is 0.281 e. The van der Waals surface area contributed by atoms with E-state index in [2.05, 4.69) is 15.3 Å². The number of ether oxygens (including phenoxy) is 2. The maximum atomic E-state index is 14.3. The molecule has 3 aromatic rings. The molecule has 3 heterocycles. The minimum absolute atomic E-state index is 0.00480. The molecule has 4 aliphatic rings. The SMILES string of the molecule is C[C@]1(C(N)=O)COc2c1cc([C@@H](CNC(=O)c1cc(/C=N/C3(F)CC3)c(N)c(OC3CC3)c1)C1CC(F)(F)C1)nc2-c1ccnc(C(F)F)c1Cl. The van der Waals surface area contributed by atoms with E-state index in [-0.39, 0.29) is 82.9 Å². The minimum atomic E-state index is -3.02. The van der Waals surface area contributed by atoms with Gasteiger partial charge < -0.3 is 26.3 Å².